The average Bonchev–Trinajstić information content (AvgIpc) is 2.22. The van der Waals surface area contributed by atoms with Gasteiger partial charge < -0.3 is 0 Å². The minimum absolute atomic E-state index is 0.448. The van der Waals surface area contributed by atoms with E-state index < -0.39 is 0 Å². The highest BCUT2D eigenvalue weighted by molar-refractivity contribution is 5.44. The lowest BCUT2D eigenvalue weighted by Crippen LogP contribution is -2.04. The van der Waals surface area contributed by atoms with Gasteiger partial charge >= 0.3 is 0 Å². The van der Waals surface area contributed by atoms with E-state index in [1.54, 1.807) is 0 Å². The van der Waals surface area contributed by atoms with Crippen LogP contribution in [0.25, 0.3) is 0 Å². The SMILES string of the molecule is CC#CC(C)Cc1c(C)c(C)cc(C)c1C. The van der Waals surface area contributed by atoms with Crippen molar-refractivity contribution in [3.63, 3.8) is 0 Å². The Morgan fingerprint density at radius 2 is 1.56 bits per heavy atom. The summed E-state index contributed by atoms with van der Waals surface area (Å²) in [7, 11) is 0. The van der Waals surface area contributed by atoms with Crippen molar-refractivity contribution < 1.29 is 0 Å². The molecule has 16 heavy (non-hydrogen) atoms. The first-order chi connectivity index (χ1) is 7.47. The van der Waals surface area contributed by atoms with Gasteiger partial charge in [-0.2, -0.15) is 0 Å². The van der Waals surface area contributed by atoms with Crippen LogP contribution in [0.1, 0.15) is 41.7 Å². The molecule has 0 spiro atoms. The van der Waals surface area contributed by atoms with Gasteiger partial charge in [0.2, 0.25) is 0 Å². The predicted molar refractivity (Wildman–Crippen MR) is 71.7 cm³/mol. The van der Waals surface area contributed by atoms with Crippen molar-refractivity contribution >= 4 is 0 Å². The Hall–Kier alpha value is -1.22. The van der Waals surface area contributed by atoms with Crippen molar-refractivity contribution in [1.82, 2.24) is 0 Å². The highest BCUT2D eigenvalue weighted by Gasteiger charge is 2.10. The second kappa shape index (κ2) is 5.21. The maximum atomic E-state index is 3.24. The third-order valence-electron chi connectivity index (χ3n) is 3.42. The van der Waals surface area contributed by atoms with Crippen LogP contribution in [0.15, 0.2) is 6.07 Å². The molecule has 0 fully saturated rings. The summed E-state index contributed by atoms with van der Waals surface area (Å²) in [6.45, 7) is 13.0. The maximum Gasteiger partial charge on any atom is 0.0215 e. The topological polar surface area (TPSA) is 0 Å². The fraction of sp³-hybridized carbons (Fsp3) is 0.500. The van der Waals surface area contributed by atoms with Gasteiger partial charge in [-0.25, -0.2) is 0 Å². The van der Waals surface area contributed by atoms with Gasteiger partial charge in [-0.1, -0.05) is 13.0 Å². The number of rotatable bonds is 2. The third-order valence-corrected chi connectivity index (χ3v) is 3.42. The largest absolute Gasteiger partial charge is 0.106 e. The summed E-state index contributed by atoms with van der Waals surface area (Å²) in [6.07, 6.45) is 1.07. The van der Waals surface area contributed by atoms with Crippen molar-refractivity contribution in [2.75, 3.05) is 0 Å². The van der Waals surface area contributed by atoms with Crippen LogP contribution >= 0.6 is 0 Å². The number of hydrogen-bond donors (Lipinski definition) is 0. The quantitative estimate of drug-likeness (QED) is 0.650. The van der Waals surface area contributed by atoms with E-state index in [1.807, 2.05) is 6.92 Å². The van der Waals surface area contributed by atoms with Gasteiger partial charge in [-0.15, -0.1) is 11.8 Å². The lowest BCUT2D eigenvalue weighted by atomic mass is 9.89. The van der Waals surface area contributed by atoms with Crippen LogP contribution in [-0.4, -0.2) is 0 Å². The van der Waals surface area contributed by atoms with Gasteiger partial charge in [-0.05, 0) is 68.9 Å². The van der Waals surface area contributed by atoms with Crippen LogP contribution in [0, 0.1) is 45.5 Å². The number of hydrogen-bond acceptors (Lipinski definition) is 0. The van der Waals surface area contributed by atoms with E-state index in [0.717, 1.165) is 6.42 Å². The normalized spacial score (nSPS) is 11.9. The molecule has 1 aromatic rings. The summed E-state index contributed by atoms with van der Waals surface area (Å²) in [6, 6.07) is 2.28. The molecule has 0 saturated carbocycles. The molecule has 0 aliphatic heterocycles. The molecule has 0 amide bonds. The minimum atomic E-state index is 0.448. The summed E-state index contributed by atoms with van der Waals surface area (Å²) >= 11 is 0. The summed E-state index contributed by atoms with van der Waals surface area (Å²) in [5, 5.41) is 0. The summed E-state index contributed by atoms with van der Waals surface area (Å²) in [5.74, 6) is 6.69. The second-order valence-electron chi connectivity index (χ2n) is 4.74. The van der Waals surface area contributed by atoms with Gasteiger partial charge in [0.15, 0.2) is 0 Å². The van der Waals surface area contributed by atoms with Crippen molar-refractivity contribution in [3.8, 4) is 11.8 Å². The Balaban J connectivity index is 3.15. The molecular formula is C16H22. The third kappa shape index (κ3) is 2.67. The van der Waals surface area contributed by atoms with Crippen LogP contribution in [0.3, 0.4) is 0 Å². The maximum absolute atomic E-state index is 3.24. The van der Waals surface area contributed by atoms with E-state index >= 15 is 0 Å². The molecule has 0 nitrogen and oxygen atoms in total. The van der Waals surface area contributed by atoms with Crippen LogP contribution in [0.2, 0.25) is 0 Å². The second-order valence-corrected chi connectivity index (χ2v) is 4.74. The van der Waals surface area contributed by atoms with Crippen molar-refractivity contribution in [2.24, 2.45) is 5.92 Å². The van der Waals surface area contributed by atoms with Gasteiger partial charge in [0.05, 0.1) is 0 Å². The van der Waals surface area contributed by atoms with Gasteiger partial charge in [0.25, 0.3) is 0 Å². The minimum Gasteiger partial charge on any atom is -0.106 e. The molecule has 1 atom stereocenters. The molecule has 0 bridgehead atoms. The molecule has 0 radical (unpaired) electrons. The van der Waals surface area contributed by atoms with Crippen LogP contribution in [0.4, 0.5) is 0 Å². The zero-order valence-electron chi connectivity index (χ0n) is 11.4. The van der Waals surface area contributed by atoms with E-state index in [-0.39, 0.29) is 0 Å². The van der Waals surface area contributed by atoms with Gasteiger partial charge in [-0.3, -0.25) is 0 Å². The predicted octanol–water partition coefficient (Wildman–Crippen LogP) is 4.12. The first-order valence-electron chi connectivity index (χ1n) is 5.96. The molecule has 0 heterocycles. The molecule has 0 aromatic heterocycles. The van der Waals surface area contributed by atoms with Crippen molar-refractivity contribution in [2.45, 2.75) is 48.0 Å². The van der Waals surface area contributed by atoms with E-state index in [0.29, 0.717) is 5.92 Å². The highest BCUT2D eigenvalue weighted by atomic mass is 14.1. The fourth-order valence-corrected chi connectivity index (χ4v) is 2.21. The Morgan fingerprint density at radius 3 is 2.00 bits per heavy atom. The molecule has 1 aromatic carbocycles. The summed E-state index contributed by atoms with van der Waals surface area (Å²) in [5.41, 5.74) is 7.16. The summed E-state index contributed by atoms with van der Waals surface area (Å²) in [4.78, 5) is 0. The van der Waals surface area contributed by atoms with Gasteiger partial charge in [0, 0.05) is 5.92 Å². The Morgan fingerprint density at radius 1 is 1.06 bits per heavy atom. The number of benzene rings is 1. The van der Waals surface area contributed by atoms with Crippen molar-refractivity contribution in [1.29, 1.82) is 0 Å². The molecular weight excluding hydrogens is 192 g/mol. The van der Waals surface area contributed by atoms with Crippen molar-refractivity contribution in [3.05, 3.63) is 33.9 Å². The molecule has 1 unspecified atom stereocenters. The zero-order chi connectivity index (χ0) is 12.3. The van der Waals surface area contributed by atoms with E-state index in [4.69, 9.17) is 0 Å². The monoisotopic (exact) mass is 214 g/mol. The molecule has 0 saturated heterocycles. The molecule has 0 aliphatic rings. The van der Waals surface area contributed by atoms with E-state index in [1.165, 1.54) is 27.8 Å². The summed E-state index contributed by atoms with van der Waals surface area (Å²) < 4.78 is 0. The van der Waals surface area contributed by atoms with Crippen LogP contribution in [-0.2, 0) is 6.42 Å². The lowest BCUT2D eigenvalue weighted by Gasteiger charge is -2.16. The molecule has 0 N–H and O–H groups in total. The smallest absolute Gasteiger partial charge is 0.0215 e. The highest BCUT2D eigenvalue weighted by Crippen LogP contribution is 2.24. The standard InChI is InChI=1S/C16H22/c1-7-8-11(2)9-16-14(5)12(3)10-13(4)15(16)6/h10-11H,9H2,1-6H3. The lowest BCUT2D eigenvalue weighted by molar-refractivity contribution is 0.740. The van der Waals surface area contributed by atoms with E-state index in [9.17, 15) is 0 Å². The van der Waals surface area contributed by atoms with E-state index in [2.05, 4.69) is 52.5 Å². The van der Waals surface area contributed by atoms with Gasteiger partial charge in [0.1, 0.15) is 0 Å². The first kappa shape index (κ1) is 12.8. The Kier molecular flexibility index (Phi) is 4.19. The Labute approximate surface area is 100 Å². The average molecular weight is 214 g/mol. The molecule has 0 aliphatic carbocycles. The Bertz CT molecular complexity index is 415. The molecule has 1 rings (SSSR count). The number of aryl methyl sites for hydroxylation is 2. The molecule has 0 heteroatoms. The van der Waals surface area contributed by atoms with Crippen LogP contribution in [0.5, 0.6) is 0 Å². The first-order valence-corrected chi connectivity index (χ1v) is 5.96. The fourth-order valence-electron chi connectivity index (χ4n) is 2.21. The zero-order valence-corrected chi connectivity index (χ0v) is 11.4. The van der Waals surface area contributed by atoms with Crippen LogP contribution < -0.4 is 0 Å². The molecule has 86 valence electrons.